The number of nitrogens with zero attached hydrogens (tertiary/aromatic N) is 3. The molecule has 4 rings (SSSR count). The lowest BCUT2D eigenvalue weighted by Crippen LogP contribution is -2.17. The van der Waals surface area contributed by atoms with Crippen LogP contribution in [-0.4, -0.2) is 46.1 Å². The lowest BCUT2D eigenvalue weighted by molar-refractivity contribution is -0.113. The van der Waals surface area contributed by atoms with Crippen LogP contribution in [0.4, 0.5) is 5.00 Å². The Bertz CT molecular complexity index is 1260. The Labute approximate surface area is 223 Å². The Hall–Kier alpha value is -2.56. The number of aryl methyl sites for hydroxylation is 1. The Balaban J connectivity index is 1.52. The van der Waals surface area contributed by atoms with E-state index in [0.29, 0.717) is 45.5 Å². The zero-order valence-corrected chi connectivity index (χ0v) is 22.9. The number of anilines is 1. The molecule has 2 aromatic heterocycles. The molecule has 8 nitrogen and oxygen atoms in total. The second kappa shape index (κ2) is 12.1. The molecule has 0 bridgehead atoms. The van der Waals surface area contributed by atoms with E-state index < -0.39 is 0 Å². The maximum absolute atomic E-state index is 12.9. The van der Waals surface area contributed by atoms with Crippen LogP contribution in [0.25, 0.3) is 11.4 Å². The van der Waals surface area contributed by atoms with Crippen LogP contribution in [0.1, 0.15) is 53.9 Å². The number of carbonyl (C=O) groups is 2. The van der Waals surface area contributed by atoms with Crippen LogP contribution in [0.15, 0.2) is 23.4 Å². The first kappa shape index (κ1) is 26.5. The van der Waals surface area contributed by atoms with Gasteiger partial charge in [0.2, 0.25) is 5.91 Å². The third-order valence-corrected chi connectivity index (χ3v) is 8.33. The van der Waals surface area contributed by atoms with Gasteiger partial charge in [0.05, 0.1) is 30.6 Å². The van der Waals surface area contributed by atoms with Gasteiger partial charge in [0, 0.05) is 16.4 Å². The molecule has 1 amide bonds. The number of amides is 1. The predicted molar refractivity (Wildman–Crippen MR) is 144 cm³/mol. The molecule has 1 N–H and O–H groups in total. The van der Waals surface area contributed by atoms with Crippen molar-refractivity contribution in [3.8, 4) is 17.1 Å². The highest BCUT2D eigenvalue weighted by Gasteiger charge is 2.27. The lowest BCUT2D eigenvalue weighted by Gasteiger charge is -2.11. The van der Waals surface area contributed by atoms with Gasteiger partial charge in [-0.05, 0) is 63.3 Å². The number of rotatable bonds is 9. The quantitative estimate of drug-likeness (QED) is 0.203. The molecular weight excluding hydrogens is 520 g/mol. The van der Waals surface area contributed by atoms with E-state index in [9.17, 15) is 9.59 Å². The number of ether oxygens (including phenoxy) is 2. The highest BCUT2D eigenvalue weighted by atomic mass is 35.5. The van der Waals surface area contributed by atoms with Crippen molar-refractivity contribution in [2.24, 2.45) is 0 Å². The van der Waals surface area contributed by atoms with Crippen molar-refractivity contribution < 1.29 is 19.1 Å². The molecule has 1 aromatic carbocycles. The molecular formula is C25H29ClN4O4S2. The monoisotopic (exact) mass is 548 g/mol. The molecule has 3 aromatic rings. The van der Waals surface area contributed by atoms with E-state index >= 15 is 0 Å². The van der Waals surface area contributed by atoms with Gasteiger partial charge in [-0.25, -0.2) is 4.79 Å². The van der Waals surface area contributed by atoms with Crippen molar-refractivity contribution in [1.29, 1.82) is 0 Å². The summed E-state index contributed by atoms with van der Waals surface area (Å²) in [5.74, 6) is 0.793. The number of carbonyl (C=O) groups excluding carboxylic acids is 2. The lowest BCUT2D eigenvalue weighted by atomic mass is 10.1. The molecule has 1 aliphatic carbocycles. The van der Waals surface area contributed by atoms with Crippen LogP contribution in [0, 0.1) is 0 Å². The van der Waals surface area contributed by atoms with Crippen LogP contribution in [-0.2, 0) is 28.9 Å². The van der Waals surface area contributed by atoms with Crippen LogP contribution >= 0.6 is 34.7 Å². The highest BCUT2D eigenvalue weighted by molar-refractivity contribution is 7.99. The van der Waals surface area contributed by atoms with E-state index in [4.69, 9.17) is 21.1 Å². The second-order valence-electron chi connectivity index (χ2n) is 8.22. The molecule has 0 radical (unpaired) electrons. The van der Waals surface area contributed by atoms with E-state index in [1.807, 2.05) is 11.5 Å². The summed E-state index contributed by atoms with van der Waals surface area (Å²) in [6.45, 7) is 4.67. The van der Waals surface area contributed by atoms with Crippen LogP contribution in [0.2, 0.25) is 5.02 Å². The first-order valence-electron chi connectivity index (χ1n) is 12.0. The molecule has 1 aliphatic rings. The Morgan fingerprint density at radius 2 is 2.00 bits per heavy atom. The van der Waals surface area contributed by atoms with Crippen molar-refractivity contribution in [3.63, 3.8) is 0 Å². The van der Waals surface area contributed by atoms with Gasteiger partial charge in [-0.15, -0.1) is 21.5 Å². The normalized spacial score (nSPS) is 13.1. The number of hydrogen-bond acceptors (Lipinski definition) is 8. The Morgan fingerprint density at radius 3 is 2.75 bits per heavy atom. The maximum Gasteiger partial charge on any atom is 0.341 e. The maximum atomic E-state index is 12.9. The SMILES string of the molecule is CCOC(=O)c1c(NC(=O)CSc2nnc(-c3cc(Cl)ccc3OC)n2CC)sc2c1CCCCC2. The standard InChI is InChI=1S/C25H29ClN4O4S2/c1-4-30-22(17-13-15(26)11-12-18(17)33-3)28-29-25(30)35-14-20(31)27-23-21(24(32)34-5-2)16-9-7-6-8-10-19(16)36-23/h11-13H,4-10,14H2,1-3H3,(H,27,31). The fourth-order valence-electron chi connectivity index (χ4n) is 4.28. The van der Waals surface area contributed by atoms with Crippen molar-refractivity contribution in [2.75, 3.05) is 24.8 Å². The molecule has 0 spiro atoms. The van der Waals surface area contributed by atoms with Gasteiger partial charge in [0.1, 0.15) is 10.8 Å². The summed E-state index contributed by atoms with van der Waals surface area (Å²) in [6, 6.07) is 5.33. The van der Waals surface area contributed by atoms with E-state index in [-0.39, 0.29) is 17.6 Å². The number of aromatic nitrogens is 3. The van der Waals surface area contributed by atoms with Gasteiger partial charge in [-0.1, -0.05) is 29.8 Å². The molecule has 192 valence electrons. The van der Waals surface area contributed by atoms with Gasteiger partial charge in [-0.3, -0.25) is 4.79 Å². The molecule has 0 saturated carbocycles. The summed E-state index contributed by atoms with van der Waals surface area (Å²) in [7, 11) is 1.59. The third-order valence-electron chi connectivity index (χ3n) is 5.92. The van der Waals surface area contributed by atoms with Crippen molar-refractivity contribution in [1.82, 2.24) is 14.8 Å². The zero-order valence-electron chi connectivity index (χ0n) is 20.6. The average molecular weight is 549 g/mol. The smallest absolute Gasteiger partial charge is 0.341 e. The van der Waals surface area contributed by atoms with Crippen molar-refractivity contribution in [3.05, 3.63) is 39.2 Å². The second-order valence-corrected chi connectivity index (χ2v) is 10.7. The van der Waals surface area contributed by atoms with Crippen molar-refractivity contribution >= 4 is 51.6 Å². The Kier molecular flexibility index (Phi) is 8.92. The minimum absolute atomic E-state index is 0.121. The van der Waals surface area contributed by atoms with E-state index in [2.05, 4.69) is 15.5 Å². The first-order chi connectivity index (χ1) is 17.5. The van der Waals surface area contributed by atoms with Gasteiger partial charge in [-0.2, -0.15) is 0 Å². The minimum Gasteiger partial charge on any atom is -0.496 e. The number of hydrogen-bond donors (Lipinski definition) is 1. The summed E-state index contributed by atoms with van der Waals surface area (Å²) in [5.41, 5.74) is 2.28. The molecule has 0 aliphatic heterocycles. The first-order valence-corrected chi connectivity index (χ1v) is 14.2. The predicted octanol–water partition coefficient (Wildman–Crippen LogP) is 5.86. The number of thioether (sulfide) groups is 1. The highest BCUT2D eigenvalue weighted by Crippen LogP contribution is 2.38. The molecule has 0 unspecified atom stereocenters. The fourth-order valence-corrected chi connectivity index (χ4v) is 6.55. The van der Waals surface area contributed by atoms with Gasteiger partial charge in [0.15, 0.2) is 11.0 Å². The van der Waals surface area contributed by atoms with Crippen LogP contribution in [0.5, 0.6) is 5.75 Å². The molecule has 2 heterocycles. The number of nitrogens with one attached hydrogen (secondary N) is 1. The number of fused-ring (bicyclic) bond motifs is 1. The molecule has 0 saturated heterocycles. The number of halogens is 1. The summed E-state index contributed by atoms with van der Waals surface area (Å²) in [4.78, 5) is 26.9. The number of thiophene rings is 1. The van der Waals surface area contributed by atoms with E-state index in [1.165, 1.54) is 28.0 Å². The van der Waals surface area contributed by atoms with Gasteiger partial charge in [0.25, 0.3) is 0 Å². The third kappa shape index (κ3) is 5.71. The summed E-state index contributed by atoms with van der Waals surface area (Å²) >= 11 is 8.98. The Morgan fingerprint density at radius 1 is 1.19 bits per heavy atom. The minimum atomic E-state index is -0.370. The number of methoxy groups -OCH3 is 1. The molecule has 0 atom stereocenters. The molecule has 0 fully saturated rings. The van der Waals surface area contributed by atoms with Gasteiger partial charge < -0.3 is 19.4 Å². The number of esters is 1. The van der Waals surface area contributed by atoms with Gasteiger partial charge >= 0.3 is 5.97 Å². The van der Waals surface area contributed by atoms with Crippen LogP contribution < -0.4 is 10.1 Å². The topological polar surface area (TPSA) is 95.3 Å². The molecule has 11 heteroatoms. The summed E-state index contributed by atoms with van der Waals surface area (Å²) in [5, 5.41) is 13.4. The van der Waals surface area contributed by atoms with E-state index in [1.54, 1.807) is 32.2 Å². The molecule has 36 heavy (non-hydrogen) atoms. The zero-order chi connectivity index (χ0) is 25.7. The summed E-state index contributed by atoms with van der Waals surface area (Å²) < 4.78 is 12.7. The average Bonchev–Trinajstić information content (AvgIpc) is 3.35. The largest absolute Gasteiger partial charge is 0.496 e. The van der Waals surface area contributed by atoms with E-state index in [0.717, 1.165) is 43.2 Å². The van der Waals surface area contributed by atoms with Crippen molar-refractivity contribution in [2.45, 2.75) is 57.7 Å². The fraction of sp³-hybridized carbons (Fsp3) is 0.440. The number of benzene rings is 1. The summed E-state index contributed by atoms with van der Waals surface area (Å²) in [6.07, 6.45) is 5.02. The van der Waals surface area contributed by atoms with Crippen LogP contribution in [0.3, 0.4) is 0 Å².